The second-order valence-corrected chi connectivity index (χ2v) is 24.7. The number of Topliss-reactive ketones (excluding diaryl/α,β-unsaturated/α-hetero) is 2. The van der Waals surface area contributed by atoms with Crippen molar-refractivity contribution >= 4 is 73.2 Å². The third kappa shape index (κ3) is 16.8. The van der Waals surface area contributed by atoms with Gasteiger partial charge in [-0.2, -0.15) is 4.37 Å². The molecule has 0 unspecified atom stereocenters. The molecule has 9 aromatic rings. The molecule has 3 aliphatic heterocycles. The van der Waals surface area contributed by atoms with Crippen molar-refractivity contribution in [3.8, 4) is 17.2 Å². The largest absolute Gasteiger partial charge is 0.495 e. The Morgan fingerprint density at radius 2 is 1.53 bits per heavy atom. The summed E-state index contributed by atoms with van der Waals surface area (Å²) in [4.78, 5) is 81.2. The Labute approximate surface area is 542 Å². The number of nitrogens with zero attached hydrogens (tertiary/aromatic N) is 6. The van der Waals surface area contributed by atoms with Crippen LogP contribution in [0.15, 0.2) is 166 Å². The molecule has 2 fully saturated rings. The van der Waals surface area contributed by atoms with Crippen molar-refractivity contribution in [1.82, 2.24) is 24.5 Å². The van der Waals surface area contributed by atoms with E-state index < -0.39 is 22.8 Å². The first-order chi connectivity index (χ1) is 45.2. The Bertz CT molecular complexity index is 4240. The minimum atomic E-state index is -0.905. The van der Waals surface area contributed by atoms with Crippen molar-refractivity contribution in [1.29, 1.82) is 0 Å². The molecule has 5 heterocycles. The number of aromatic nitrogens is 2. The van der Waals surface area contributed by atoms with Crippen LogP contribution in [0.25, 0.3) is 26.9 Å². The smallest absolute Gasteiger partial charge is 0.417 e. The second-order valence-electron chi connectivity index (χ2n) is 23.9. The lowest BCUT2D eigenvalue weighted by Gasteiger charge is -2.35. The average molecular weight is 1270 g/mol. The first kappa shape index (κ1) is 64.7. The molecule has 4 aliphatic rings. The third-order valence-corrected chi connectivity index (χ3v) is 18.4. The van der Waals surface area contributed by atoms with Crippen LogP contribution in [0, 0.1) is 34.8 Å². The number of urea groups is 1. The number of aryl methyl sites for hydroxylation is 3. The number of piperidine rings is 1. The topological polar surface area (TPSA) is 244 Å². The summed E-state index contributed by atoms with van der Waals surface area (Å²) in [5, 5.41) is 20.8. The van der Waals surface area contributed by atoms with Crippen LogP contribution in [0.4, 0.5) is 22.0 Å². The summed E-state index contributed by atoms with van der Waals surface area (Å²) >= 11 is 1.59. The number of carbonyl (C=O) groups is 3. The number of oxazole rings is 1. The lowest BCUT2D eigenvalue weighted by Crippen LogP contribution is -2.46. The Morgan fingerprint density at radius 3 is 2.31 bits per heavy atom. The summed E-state index contributed by atoms with van der Waals surface area (Å²) in [5.41, 5.74) is 11.1. The number of piperazine rings is 1. The van der Waals surface area contributed by atoms with Crippen LogP contribution < -0.4 is 35.5 Å². The van der Waals surface area contributed by atoms with E-state index in [0.717, 1.165) is 136 Å². The Kier molecular flexibility index (Phi) is 21.2. The van der Waals surface area contributed by atoms with Gasteiger partial charge in [0.05, 0.1) is 27.9 Å². The number of ether oxygens (including phenoxy) is 3. The summed E-state index contributed by atoms with van der Waals surface area (Å²) < 4.78 is 27.1. The van der Waals surface area contributed by atoms with Crippen molar-refractivity contribution < 1.29 is 37.9 Å². The number of rotatable bonds is 21. The summed E-state index contributed by atoms with van der Waals surface area (Å²) in [6, 6.07) is 43.7. The van der Waals surface area contributed by atoms with E-state index in [2.05, 4.69) is 90.1 Å². The van der Waals surface area contributed by atoms with Crippen LogP contribution >= 0.6 is 11.5 Å². The molecule has 2 amide bonds. The number of nitro groups is 1. The third-order valence-electron chi connectivity index (χ3n) is 17.6. The van der Waals surface area contributed by atoms with Gasteiger partial charge in [0.25, 0.3) is 5.69 Å². The molecule has 1 atom stereocenters. The van der Waals surface area contributed by atoms with Gasteiger partial charge in [0.15, 0.2) is 22.9 Å². The first-order valence-electron chi connectivity index (χ1n) is 31.5. The van der Waals surface area contributed by atoms with Gasteiger partial charge < -0.3 is 39.1 Å². The molecule has 13 rings (SSSR count). The number of amides is 2. The maximum Gasteiger partial charge on any atom is 0.417 e. The normalized spacial score (nSPS) is 14.9. The minimum absolute atomic E-state index is 0.123. The molecule has 0 spiro atoms. The summed E-state index contributed by atoms with van der Waals surface area (Å²) in [7, 11) is 1.39. The number of hydrogen-bond donors (Lipinski definition) is 3. The fourth-order valence-electron chi connectivity index (χ4n) is 12.3. The molecule has 480 valence electrons. The van der Waals surface area contributed by atoms with Gasteiger partial charge in [-0.3, -0.25) is 29.6 Å². The number of aromatic amines is 1. The molecule has 0 saturated carbocycles. The highest BCUT2D eigenvalue weighted by Crippen LogP contribution is 2.36. The fraction of sp³-hybridized carbons (Fsp3) is 0.319. The maximum atomic E-state index is 13.2. The van der Waals surface area contributed by atoms with Gasteiger partial charge in [-0.25, -0.2) is 9.59 Å². The van der Waals surface area contributed by atoms with Crippen LogP contribution in [0.3, 0.4) is 0 Å². The Morgan fingerprint density at radius 1 is 0.785 bits per heavy atom. The minimum Gasteiger partial charge on any atom is -0.495 e. The van der Waals surface area contributed by atoms with Gasteiger partial charge in [-0.1, -0.05) is 91.0 Å². The van der Waals surface area contributed by atoms with Crippen LogP contribution in [-0.2, 0) is 41.7 Å². The van der Waals surface area contributed by atoms with Gasteiger partial charge in [0.1, 0.15) is 29.1 Å². The SMILES string of the molecule is COc1ccc([N+](=O)[O-])cc1NC(=O)N[C@@H](C(=O)Cc1ccc(C)c(C)c1)c1ccccc1.O=C(CCN1CCC(Cc2ccc3c(c2)OCO3)CC1)Cc1ccc2[nH]c(=O)oc2c1.O=NC1=CCc2ccc(CCCN3CCN(c4nsc5ccccc45)CC3)cc21. The number of anilines is 2. The molecule has 93 heavy (non-hydrogen) atoms. The van der Waals surface area contributed by atoms with Crippen molar-refractivity contribution in [2.45, 2.75) is 77.7 Å². The zero-order valence-electron chi connectivity index (χ0n) is 52.4. The number of nitrogens with one attached hydrogen (secondary N) is 3. The number of nitroso groups, excluding NO2 is 1. The predicted molar refractivity (Wildman–Crippen MR) is 362 cm³/mol. The monoisotopic (exact) mass is 1270 g/mol. The number of benzene rings is 7. The molecule has 21 heteroatoms. The van der Waals surface area contributed by atoms with Crippen LogP contribution in [0.1, 0.15) is 81.8 Å². The first-order valence-corrected chi connectivity index (χ1v) is 32.2. The highest BCUT2D eigenvalue weighted by atomic mass is 32.1. The number of carbonyl (C=O) groups excluding carboxylic acids is 3. The highest BCUT2D eigenvalue weighted by Gasteiger charge is 2.26. The summed E-state index contributed by atoms with van der Waals surface area (Å²) in [6.45, 7) is 12.5. The number of allylic oxidation sites excluding steroid dienone is 1. The van der Waals surface area contributed by atoms with Gasteiger partial charge in [0, 0.05) is 75.1 Å². The van der Waals surface area contributed by atoms with E-state index in [1.807, 2.05) is 56.3 Å². The molecule has 20 nitrogen and oxygen atoms in total. The molecule has 0 radical (unpaired) electrons. The van der Waals surface area contributed by atoms with E-state index in [9.17, 15) is 34.2 Å². The summed E-state index contributed by atoms with van der Waals surface area (Å²) in [6.07, 6.45) is 9.32. The van der Waals surface area contributed by atoms with Crippen LogP contribution in [0.2, 0.25) is 0 Å². The molecule has 3 N–H and O–H groups in total. The van der Waals surface area contributed by atoms with E-state index >= 15 is 0 Å². The molecule has 2 saturated heterocycles. The lowest BCUT2D eigenvalue weighted by atomic mass is 9.90. The number of likely N-dealkylation sites (tertiary alicyclic amines) is 1. The standard InChI is InChI=1S/C25H25N3O5.C24H26N2O5.C23H24N4OS/c1-16-9-10-18(13-17(16)2)14-22(29)24(19-7-5-4-6-8-19)27-25(30)26-21-15-20(28(31)32)11-12-23(21)33-3;27-19(12-18-1-3-20-22(13-18)31-24(28)25-20)7-10-26-8-5-16(6-9-26)11-17-2-4-21-23(14-17)30-15-29-21;28-24-21-10-9-18-8-7-17(16-20(18)21)4-3-11-26-12-14-27(15-13-26)23-19-5-1-2-6-22(19)29-25-23/h4-13,15,24H,14H2,1-3H3,(H2,26,27,30);1-4,13-14,16H,5-12,15H2,(H,25,28);1-2,5-8,10,16H,3-4,9,11-15H2/t24-;;/m1../s1. The number of methoxy groups -OCH3 is 1. The van der Waals surface area contributed by atoms with E-state index in [0.29, 0.717) is 47.9 Å². The predicted octanol–water partition coefficient (Wildman–Crippen LogP) is 12.9. The molecular formula is C72H75N9O11S. The van der Waals surface area contributed by atoms with Gasteiger partial charge in [-0.15, -0.1) is 4.91 Å². The summed E-state index contributed by atoms with van der Waals surface area (Å²) in [5.74, 6) is 3.30. The van der Waals surface area contributed by atoms with Gasteiger partial charge in [-0.05, 0) is 188 Å². The number of ketones is 2. The maximum absolute atomic E-state index is 13.2. The molecule has 7 aromatic carbocycles. The Hall–Kier alpha value is -9.83. The van der Waals surface area contributed by atoms with Gasteiger partial charge >= 0.3 is 11.8 Å². The zero-order chi connectivity index (χ0) is 64.8. The lowest BCUT2D eigenvalue weighted by molar-refractivity contribution is -0.384. The van der Waals surface area contributed by atoms with Crippen molar-refractivity contribution in [2.24, 2.45) is 11.1 Å². The van der Waals surface area contributed by atoms with Gasteiger partial charge in [0.2, 0.25) is 6.79 Å². The number of non-ortho nitro benzene ring substituents is 1. The van der Waals surface area contributed by atoms with Crippen molar-refractivity contribution in [2.75, 3.05) is 76.5 Å². The second kappa shape index (κ2) is 30.5. The quantitative estimate of drug-likeness (QED) is 0.0344. The number of fused-ring (bicyclic) bond motifs is 4. The van der Waals surface area contributed by atoms with Crippen LogP contribution in [0.5, 0.6) is 17.2 Å². The van der Waals surface area contributed by atoms with E-state index in [4.69, 9.17) is 23.0 Å². The van der Waals surface area contributed by atoms with E-state index in [-0.39, 0.29) is 35.1 Å². The molecular weight excluding hydrogens is 1200 g/mol. The van der Waals surface area contributed by atoms with E-state index in [1.165, 1.54) is 52.1 Å². The zero-order valence-corrected chi connectivity index (χ0v) is 53.2. The fourth-order valence-corrected chi connectivity index (χ4v) is 13.1. The number of nitro benzene ring substituents is 1. The van der Waals surface area contributed by atoms with Crippen LogP contribution in [-0.4, -0.2) is 108 Å². The number of hydrogen-bond acceptors (Lipinski definition) is 17. The Balaban J connectivity index is 0.000000143. The number of H-pyrrole nitrogens is 1. The van der Waals surface area contributed by atoms with Crippen molar-refractivity contribution in [3.05, 3.63) is 227 Å². The molecule has 0 bridgehead atoms. The highest BCUT2D eigenvalue weighted by molar-refractivity contribution is 7.13. The van der Waals surface area contributed by atoms with E-state index in [1.54, 1.807) is 47.9 Å². The average Bonchev–Trinajstić information content (AvgIpc) is 1.99. The van der Waals surface area contributed by atoms with Crippen molar-refractivity contribution in [3.63, 3.8) is 0 Å². The molecule has 1 aliphatic carbocycles. The molecule has 2 aromatic heterocycles.